The van der Waals surface area contributed by atoms with Gasteiger partial charge in [-0.25, -0.2) is 0 Å². The molecule has 0 aliphatic carbocycles. The van der Waals surface area contributed by atoms with Crippen LogP contribution in [0.25, 0.3) is 0 Å². The molecule has 0 aromatic heterocycles. The van der Waals surface area contributed by atoms with E-state index in [-0.39, 0.29) is 165 Å². The van der Waals surface area contributed by atoms with E-state index in [0.717, 1.165) is 0 Å². The Labute approximate surface area is 214 Å². The van der Waals surface area contributed by atoms with Crippen LogP contribution in [0.15, 0.2) is 0 Å². The van der Waals surface area contributed by atoms with Crippen LogP contribution < -0.4 is 85.2 Å². The monoisotopic (exact) mass is 346 g/mol. The molecule has 8 nitrogen and oxygen atoms in total. The van der Waals surface area contributed by atoms with Gasteiger partial charge in [-0.2, -0.15) is 7.82 Å². The predicted molar refractivity (Wildman–Crippen MR) is 30.6 cm³/mol. The minimum Gasteiger partial charge on any atom is -0.894 e. The minimum atomic E-state index is -5.61. The number of hydrogen-bond donors (Lipinski definition) is 0. The fraction of sp³-hybridized carbons (Fsp3) is 0. The summed E-state index contributed by atoms with van der Waals surface area (Å²) < 4.78 is 8.55. The molecule has 0 N–H and O–H groups in total. The Balaban J connectivity index is -0.0000000178. The summed E-state index contributed by atoms with van der Waals surface area (Å²) in [6, 6.07) is 0. The largest absolute Gasteiger partial charge is 2.00 e. The Morgan fingerprint density at radius 2 is 0.786 bits per heavy atom. The Morgan fingerprint density at radius 3 is 0.786 bits per heavy atom. The first-order chi connectivity index (χ1) is 4.00. The third-order valence-corrected chi connectivity index (χ3v) is 0. The van der Waals surface area contributed by atoms with Gasteiger partial charge in [0, 0.05) is 0 Å². The van der Waals surface area contributed by atoms with Crippen molar-refractivity contribution < 1.29 is 89.8 Å². The summed E-state index contributed by atoms with van der Waals surface area (Å²) in [5.41, 5.74) is 0. The number of rotatable bonds is 0. The van der Waals surface area contributed by atoms with Gasteiger partial charge in [0.1, 0.15) is 0 Å². The van der Waals surface area contributed by atoms with Gasteiger partial charge in [-0.15, -0.1) is 0 Å². The molecule has 0 spiro atoms. The molecule has 0 aliphatic heterocycles. The molecule has 0 bridgehead atoms. The molecule has 0 saturated carbocycles. The molecule has 0 aromatic rings. The molecule has 14 heteroatoms. The van der Waals surface area contributed by atoms with E-state index in [1.54, 1.807) is 0 Å². The van der Waals surface area contributed by atoms with Gasteiger partial charge in [-0.05, 0) is 0 Å². The maximum Gasteiger partial charge on any atom is 2.00 e. The Morgan fingerprint density at radius 1 is 0.786 bits per heavy atom. The van der Waals surface area contributed by atoms with Crippen molar-refractivity contribution in [2.75, 3.05) is 0 Å². The summed E-state index contributed by atoms with van der Waals surface area (Å²) in [5, 5.41) is 0. The predicted octanol–water partition coefficient (Wildman–Crippen LogP) is -12.1. The van der Waals surface area contributed by atoms with Crippen molar-refractivity contribution in [3.05, 3.63) is 0 Å². The number of phosphoric acid groups is 1. The minimum absolute atomic E-state index is 0. The molecular formula is Ca3KO8PSi. The third kappa shape index (κ3) is 155. The smallest absolute Gasteiger partial charge is 0.894 e. The average Bonchev–Trinajstić information content (AvgIpc) is 1.12. The van der Waals surface area contributed by atoms with Crippen molar-refractivity contribution >= 4 is 130 Å². The molecule has 0 rings (SSSR count). The summed E-state index contributed by atoms with van der Waals surface area (Å²) in [6.45, 7) is 0. The fourth-order valence-electron chi connectivity index (χ4n) is 0. The first-order valence-electron chi connectivity index (χ1n) is 1.55. The van der Waals surface area contributed by atoms with Crippen LogP contribution in [0.4, 0.5) is 0 Å². The van der Waals surface area contributed by atoms with E-state index >= 15 is 0 Å². The van der Waals surface area contributed by atoms with Crippen molar-refractivity contribution in [3.8, 4) is 0 Å². The van der Waals surface area contributed by atoms with Crippen LogP contribution in [-0.4, -0.2) is 122 Å². The summed E-state index contributed by atoms with van der Waals surface area (Å²) >= 11 is 0. The van der Waals surface area contributed by atoms with Crippen LogP contribution >= 0.6 is 7.82 Å². The van der Waals surface area contributed by atoms with E-state index in [1.807, 2.05) is 0 Å². The molecule has 64 valence electrons. The zero-order chi connectivity index (χ0) is 9.00. The quantitative estimate of drug-likeness (QED) is 0.306. The Hall–Kier alpha value is 5.58. The number of hydrogen-bond acceptors (Lipinski definition) is 8. The van der Waals surface area contributed by atoms with Crippen molar-refractivity contribution in [3.63, 3.8) is 0 Å². The summed E-state index contributed by atoms with van der Waals surface area (Å²) in [5.74, 6) is 0. The molecule has 0 aromatic carbocycles. The summed E-state index contributed by atoms with van der Waals surface area (Å²) in [6.07, 6.45) is 0. The molecule has 0 saturated heterocycles. The molecule has 0 amide bonds. The van der Waals surface area contributed by atoms with Crippen LogP contribution in [0, 0.1) is 0 Å². The van der Waals surface area contributed by atoms with Gasteiger partial charge in [0.2, 0.25) is 0 Å². The van der Waals surface area contributed by atoms with Gasteiger partial charge >= 0.3 is 165 Å². The van der Waals surface area contributed by atoms with E-state index in [1.165, 1.54) is 0 Å². The summed E-state index contributed by atoms with van der Waals surface area (Å²) in [7, 11) is -11.0. The first-order valence-corrected chi connectivity index (χ1v) is 4.64. The molecule has 0 unspecified atom stereocenters. The Kier molecular flexibility index (Phi) is 48.7. The molecule has 0 aliphatic rings. The molecule has 0 radical (unpaired) electrons. The van der Waals surface area contributed by atoms with E-state index in [0.29, 0.717) is 0 Å². The molecular weight excluding hydrogens is 346 g/mol. The maximum absolute atomic E-state index is 8.58. The molecule has 14 heavy (non-hydrogen) atoms. The second-order valence-corrected chi connectivity index (χ2v) is 2.84. The van der Waals surface area contributed by atoms with Gasteiger partial charge in [0.05, 0.1) is 0 Å². The van der Waals surface area contributed by atoms with Crippen molar-refractivity contribution in [1.82, 2.24) is 0 Å². The second-order valence-electron chi connectivity index (χ2n) is 0.947. The van der Waals surface area contributed by atoms with Crippen LogP contribution in [0.1, 0.15) is 0 Å². The normalized spacial score (nSPS) is 8.50. The van der Waals surface area contributed by atoms with Crippen molar-refractivity contribution in [2.45, 2.75) is 0 Å². The van der Waals surface area contributed by atoms with E-state index in [2.05, 4.69) is 0 Å². The average molecular weight is 346 g/mol. The topological polar surface area (TPSA) is 178 Å². The van der Waals surface area contributed by atoms with Crippen LogP contribution in [-0.2, 0) is 4.57 Å². The molecule has 0 heterocycles. The fourth-order valence-corrected chi connectivity index (χ4v) is 0. The van der Waals surface area contributed by atoms with Gasteiger partial charge in [0.15, 0.2) is 0 Å². The van der Waals surface area contributed by atoms with Crippen molar-refractivity contribution in [1.29, 1.82) is 0 Å². The van der Waals surface area contributed by atoms with Gasteiger partial charge in [-0.1, -0.05) is 0 Å². The molecule has 0 atom stereocenters. The van der Waals surface area contributed by atoms with E-state index in [9.17, 15) is 0 Å². The third-order valence-electron chi connectivity index (χ3n) is 0. The first kappa shape index (κ1) is 36.7. The Bertz CT molecular complexity index is 117. The van der Waals surface area contributed by atoms with Gasteiger partial charge in [-0.3, -0.25) is 0 Å². The maximum atomic E-state index is 8.58. The summed E-state index contributed by atoms with van der Waals surface area (Å²) in [4.78, 5) is 60.0. The zero-order valence-corrected chi connectivity index (χ0v) is 19.0. The van der Waals surface area contributed by atoms with Gasteiger partial charge < -0.3 is 47.5 Å². The van der Waals surface area contributed by atoms with Crippen LogP contribution in [0.3, 0.4) is 0 Å². The van der Waals surface area contributed by atoms with Crippen LogP contribution in [0.2, 0.25) is 0 Å². The molecule has 0 fully saturated rings. The van der Waals surface area contributed by atoms with E-state index < -0.39 is 16.9 Å². The standard InChI is InChI=1S/3Ca.K.H3O4P.O4Si/c;;;;2*1-5(2,3)4/h;;;;(H3,1,2,3,4);/q3*+2;+1;;-4/p-3. The van der Waals surface area contributed by atoms with Gasteiger partial charge in [0.25, 0.3) is 0 Å². The van der Waals surface area contributed by atoms with Crippen LogP contribution in [0.5, 0.6) is 0 Å². The van der Waals surface area contributed by atoms with Crippen molar-refractivity contribution in [2.24, 2.45) is 0 Å². The van der Waals surface area contributed by atoms with E-state index in [4.69, 9.17) is 38.4 Å². The zero-order valence-electron chi connectivity index (χ0n) is 7.33. The SMILES string of the molecule is O=P([O-])([O-])[O-].[Ca+2].[Ca+2].[Ca+2].[K+].[O-][Si]([O-])([O-])[O-]. The second kappa shape index (κ2) is 18.6.